The van der Waals surface area contributed by atoms with Gasteiger partial charge in [-0.2, -0.15) is 0 Å². The average Bonchev–Trinajstić information content (AvgIpc) is 2.28. The van der Waals surface area contributed by atoms with Gasteiger partial charge in [-0.3, -0.25) is 0 Å². The van der Waals surface area contributed by atoms with Crippen molar-refractivity contribution in [3.63, 3.8) is 0 Å². The van der Waals surface area contributed by atoms with Crippen LogP contribution in [0.5, 0.6) is 0 Å². The van der Waals surface area contributed by atoms with Gasteiger partial charge in [0.15, 0.2) is 0 Å². The lowest BCUT2D eigenvalue weighted by Gasteiger charge is -2.34. The number of nitrogens with two attached hydrogens (primary N) is 1. The van der Waals surface area contributed by atoms with E-state index in [2.05, 4.69) is 45.0 Å². The van der Waals surface area contributed by atoms with Crippen molar-refractivity contribution in [2.45, 2.75) is 64.8 Å². The third kappa shape index (κ3) is 3.35. The summed E-state index contributed by atoms with van der Waals surface area (Å²) in [5, 5.41) is 0. The Morgan fingerprint density at radius 1 is 1.00 bits per heavy atom. The Bertz CT molecular complexity index is 377. The zero-order valence-corrected chi connectivity index (χ0v) is 12.1. The van der Waals surface area contributed by atoms with Gasteiger partial charge >= 0.3 is 0 Å². The highest BCUT2D eigenvalue weighted by molar-refractivity contribution is 5.29. The summed E-state index contributed by atoms with van der Waals surface area (Å²) in [6, 6.07) is 9.05. The Balaban J connectivity index is 2.12. The monoisotopic (exact) mass is 245 g/mol. The predicted molar refractivity (Wildman–Crippen MR) is 78.6 cm³/mol. The van der Waals surface area contributed by atoms with Gasteiger partial charge in [-0.05, 0) is 35.8 Å². The molecular formula is C17H27N. The molecule has 18 heavy (non-hydrogen) atoms. The van der Waals surface area contributed by atoms with Gasteiger partial charge in [0.1, 0.15) is 0 Å². The molecule has 1 aliphatic carbocycles. The molecule has 0 spiro atoms. The van der Waals surface area contributed by atoms with Gasteiger partial charge < -0.3 is 5.73 Å². The second-order valence-corrected chi connectivity index (χ2v) is 7.15. The minimum Gasteiger partial charge on any atom is -0.321 e. The molecule has 2 N–H and O–H groups in total. The van der Waals surface area contributed by atoms with Crippen LogP contribution in [0.4, 0.5) is 0 Å². The number of hydrogen-bond donors (Lipinski definition) is 1. The third-order valence-electron chi connectivity index (χ3n) is 4.01. The lowest BCUT2D eigenvalue weighted by molar-refractivity contribution is 0.302. The Labute approximate surface area is 112 Å². The molecule has 1 fully saturated rings. The molecule has 0 atom stereocenters. The van der Waals surface area contributed by atoms with Gasteiger partial charge in [-0.15, -0.1) is 0 Å². The first-order chi connectivity index (χ1) is 8.39. The van der Waals surface area contributed by atoms with Gasteiger partial charge in [0.2, 0.25) is 0 Å². The topological polar surface area (TPSA) is 26.0 Å². The first-order valence-electron chi connectivity index (χ1n) is 7.27. The van der Waals surface area contributed by atoms with Gasteiger partial charge in [0.25, 0.3) is 0 Å². The summed E-state index contributed by atoms with van der Waals surface area (Å²) in [4.78, 5) is 0. The minimum absolute atomic E-state index is 0.0570. The maximum atomic E-state index is 6.56. The van der Waals surface area contributed by atoms with E-state index in [4.69, 9.17) is 5.73 Å². The van der Waals surface area contributed by atoms with Crippen molar-refractivity contribution in [2.75, 3.05) is 0 Å². The predicted octanol–water partition coefficient (Wildman–Crippen LogP) is 4.39. The maximum Gasteiger partial charge on any atom is 0.0409 e. The van der Waals surface area contributed by atoms with Crippen LogP contribution in [0.2, 0.25) is 0 Å². The van der Waals surface area contributed by atoms with Crippen LogP contribution in [0, 0.1) is 5.41 Å². The Hall–Kier alpha value is -0.820. The summed E-state index contributed by atoms with van der Waals surface area (Å²) in [5.74, 6) is 0. The van der Waals surface area contributed by atoms with E-state index in [9.17, 15) is 0 Å². The van der Waals surface area contributed by atoms with Crippen molar-refractivity contribution in [1.82, 2.24) is 0 Å². The van der Waals surface area contributed by atoms with Crippen LogP contribution in [0.1, 0.15) is 64.0 Å². The quantitative estimate of drug-likeness (QED) is 0.821. The molecule has 0 aromatic heterocycles. The van der Waals surface area contributed by atoms with Gasteiger partial charge in [0, 0.05) is 5.54 Å². The molecule has 0 radical (unpaired) electrons. The molecule has 100 valence electrons. The SMILES string of the molecule is CC(C)(C)Cc1ccc(C2(N)CCCCC2)cc1. The van der Waals surface area contributed by atoms with Crippen LogP contribution >= 0.6 is 0 Å². The van der Waals surface area contributed by atoms with Gasteiger partial charge in [0.05, 0.1) is 0 Å². The molecule has 0 aliphatic heterocycles. The summed E-state index contributed by atoms with van der Waals surface area (Å²) in [7, 11) is 0. The van der Waals surface area contributed by atoms with Crippen LogP contribution in [0.15, 0.2) is 24.3 Å². The lowest BCUT2D eigenvalue weighted by Crippen LogP contribution is -2.38. The second kappa shape index (κ2) is 5.05. The minimum atomic E-state index is -0.0570. The van der Waals surface area contributed by atoms with Crippen LogP contribution < -0.4 is 5.73 Å². The lowest BCUT2D eigenvalue weighted by atomic mass is 9.77. The van der Waals surface area contributed by atoms with Crippen molar-refractivity contribution in [3.05, 3.63) is 35.4 Å². The molecule has 0 bridgehead atoms. The molecule has 1 nitrogen and oxygen atoms in total. The van der Waals surface area contributed by atoms with Gasteiger partial charge in [-0.25, -0.2) is 0 Å². The third-order valence-corrected chi connectivity index (χ3v) is 4.01. The molecule has 1 aromatic carbocycles. The molecule has 0 heterocycles. The van der Waals surface area contributed by atoms with Crippen molar-refractivity contribution in [1.29, 1.82) is 0 Å². The zero-order valence-electron chi connectivity index (χ0n) is 12.1. The summed E-state index contributed by atoms with van der Waals surface area (Å²) in [6.45, 7) is 6.85. The maximum absolute atomic E-state index is 6.56. The fraction of sp³-hybridized carbons (Fsp3) is 0.647. The van der Waals surface area contributed by atoms with E-state index in [-0.39, 0.29) is 5.54 Å². The molecule has 2 rings (SSSR count). The molecule has 1 aliphatic rings. The normalized spacial score (nSPS) is 19.8. The van der Waals surface area contributed by atoms with E-state index in [0.29, 0.717) is 5.41 Å². The highest BCUT2D eigenvalue weighted by Gasteiger charge is 2.29. The van der Waals surface area contributed by atoms with E-state index in [0.717, 1.165) is 19.3 Å². The fourth-order valence-electron chi connectivity index (χ4n) is 3.04. The first-order valence-corrected chi connectivity index (χ1v) is 7.27. The fourth-order valence-corrected chi connectivity index (χ4v) is 3.04. The molecular weight excluding hydrogens is 218 g/mol. The highest BCUT2D eigenvalue weighted by atomic mass is 14.7. The molecule has 0 amide bonds. The van der Waals surface area contributed by atoms with Crippen molar-refractivity contribution in [3.8, 4) is 0 Å². The molecule has 1 saturated carbocycles. The van der Waals surface area contributed by atoms with E-state index in [1.165, 1.54) is 30.4 Å². The Kier molecular flexibility index (Phi) is 3.82. The smallest absolute Gasteiger partial charge is 0.0409 e. The molecule has 1 aromatic rings. The van der Waals surface area contributed by atoms with E-state index in [1.54, 1.807) is 0 Å². The van der Waals surface area contributed by atoms with Crippen LogP contribution in [-0.2, 0) is 12.0 Å². The number of benzene rings is 1. The average molecular weight is 245 g/mol. The first kappa shape index (κ1) is 13.6. The van der Waals surface area contributed by atoms with Crippen LogP contribution in [0.3, 0.4) is 0 Å². The second-order valence-electron chi connectivity index (χ2n) is 7.15. The summed E-state index contributed by atoms with van der Waals surface area (Å²) < 4.78 is 0. The van der Waals surface area contributed by atoms with Crippen LogP contribution in [-0.4, -0.2) is 0 Å². The molecule has 1 heteroatoms. The number of hydrogen-bond acceptors (Lipinski definition) is 1. The summed E-state index contributed by atoms with van der Waals surface area (Å²) >= 11 is 0. The van der Waals surface area contributed by atoms with Crippen molar-refractivity contribution >= 4 is 0 Å². The van der Waals surface area contributed by atoms with E-state index >= 15 is 0 Å². The van der Waals surface area contributed by atoms with Crippen molar-refractivity contribution in [2.24, 2.45) is 11.1 Å². The zero-order chi connectivity index (χ0) is 13.2. The largest absolute Gasteiger partial charge is 0.321 e. The Morgan fingerprint density at radius 2 is 1.56 bits per heavy atom. The molecule has 0 saturated heterocycles. The van der Waals surface area contributed by atoms with Crippen LogP contribution in [0.25, 0.3) is 0 Å². The van der Waals surface area contributed by atoms with E-state index < -0.39 is 0 Å². The number of rotatable bonds is 2. The summed E-state index contributed by atoms with van der Waals surface area (Å²) in [5.41, 5.74) is 9.61. The van der Waals surface area contributed by atoms with Crippen molar-refractivity contribution < 1.29 is 0 Å². The highest BCUT2D eigenvalue weighted by Crippen LogP contribution is 2.35. The van der Waals surface area contributed by atoms with E-state index in [1.807, 2.05) is 0 Å². The molecule has 0 unspecified atom stereocenters. The summed E-state index contributed by atoms with van der Waals surface area (Å²) in [6.07, 6.45) is 7.32. The van der Waals surface area contributed by atoms with Gasteiger partial charge in [-0.1, -0.05) is 64.3 Å². The Morgan fingerprint density at radius 3 is 2.06 bits per heavy atom. The standard InChI is InChI=1S/C17H27N/c1-16(2,3)13-14-7-9-15(10-8-14)17(18)11-5-4-6-12-17/h7-10H,4-6,11-13,18H2,1-3H3.